The molecule has 0 unspecified atom stereocenters. The fourth-order valence-corrected chi connectivity index (χ4v) is 11.9. The highest BCUT2D eigenvalue weighted by Crippen LogP contribution is 2.31. The van der Waals surface area contributed by atoms with Crippen molar-refractivity contribution in [2.24, 2.45) is 62.3 Å². The predicted molar refractivity (Wildman–Crippen MR) is 368 cm³/mol. The number of methoxy groups -OCH3 is 2. The number of nitrogens with one attached hydrogen (secondary N) is 6. The molecule has 1 aliphatic rings. The molecular weight excluding hydrogens is 1240 g/mol. The number of nitrogens with zero attached hydrogens (tertiary/aromatic N) is 5. The molecule has 0 saturated carbocycles. The summed E-state index contributed by atoms with van der Waals surface area (Å²) >= 11 is 0. The average molecular weight is 1350 g/mol. The van der Waals surface area contributed by atoms with Crippen molar-refractivity contribution in [1.29, 1.82) is 0 Å². The molecule has 29 heteroatoms. The van der Waals surface area contributed by atoms with Crippen molar-refractivity contribution in [2.75, 3.05) is 59.8 Å². The summed E-state index contributed by atoms with van der Waals surface area (Å²) in [6.45, 7) is 16.7. The Kier molecular flexibility index (Phi) is 35.7. The molecule has 538 valence electrons. The molecule has 1 saturated heterocycles. The molecule has 9 amide bonds. The van der Waals surface area contributed by atoms with Crippen LogP contribution in [0.1, 0.15) is 150 Å². The van der Waals surface area contributed by atoms with E-state index < -0.39 is 126 Å². The first-order valence-electron chi connectivity index (χ1n) is 33.4. The fourth-order valence-electron chi connectivity index (χ4n) is 11.9. The number of aliphatic imine (C=N–C) groups is 2. The molecule has 3 rings (SSSR count). The molecule has 0 spiro atoms. The zero-order valence-corrected chi connectivity index (χ0v) is 58.6. The number of unbranched alkanes of at least 4 members (excludes halogenated alkanes) is 1. The molecule has 0 aliphatic carbocycles. The molecule has 1 aliphatic heterocycles. The van der Waals surface area contributed by atoms with E-state index in [2.05, 4.69) is 41.9 Å². The minimum Gasteiger partial charge on any atom is -0.445 e. The Balaban J connectivity index is 1.74. The van der Waals surface area contributed by atoms with Gasteiger partial charge in [0, 0.05) is 60.6 Å². The van der Waals surface area contributed by atoms with Gasteiger partial charge in [-0.3, -0.25) is 53.2 Å². The Morgan fingerprint density at radius 2 is 1.24 bits per heavy atom. The Morgan fingerprint density at radius 3 is 1.75 bits per heavy atom. The van der Waals surface area contributed by atoms with E-state index in [9.17, 15) is 48.3 Å². The van der Waals surface area contributed by atoms with E-state index in [0.29, 0.717) is 68.4 Å². The van der Waals surface area contributed by atoms with Gasteiger partial charge in [0.1, 0.15) is 36.8 Å². The van der Waals surface area contributed by atoms with Gasteiger partial charge >= 0.3 is 6.09 Å². The highest BCUT2D eigenvalue weighted by atomic mass is 16.6. The maximum absolute atomic E-state index is 14.8. The number of guanidine groups is 2. The molecule has 1 fully saturated rings. The molecule has 0 radical (unpaired) electrons. The summed E-state index contributed by atoms with van der Waals surface area (Å²) in [6.07, 6.45) is 0.600. The molecule has 0 aromatic heterocycles. The standard InChI is InChI=1S/C67H112N16O13/c1-14-41(6)56(52(94-12)37-53(85)83-36-22-28-51(83)58(95-13)42(7)59(87)75-43(8)57(86)46-23-16-15-17-24-46)81(10)64(92)54(39(2)3)80-63(91)55(40(4)5)82(11)67(93)96-38-45-29-31-47(32-30-45)77-60(88)50(27-21-35-74-66(71)72)79-62(90)49(25-18-19-33-68)78-61(89)48(76-44(9)84)26-20-34-73-65(69)70/h15-17,23-24,29-32,39-43,48-52,54-58,86H,14,18-22,25-28,33-38,68H2,1-13H3,(H,75,87)(H,76,84)(H,77,88)(H,78,89)(H,79,90)(H,80,91)(H4,69,70,73)(H4,71,72,74)/t41-,42+,43+,48-,49-,50-,51-,52+,54-,55+,56-,57+,58+/m0/s1. The van der Waals surface area contributed by atoms with Gasteiger partial charge in [-0.2, -0.15) is 0 Å². The number of carbonyl (C=O) groups is 9. The van der Waals surface area contributed by atoms with Crippen LogP contribution in [0, 0.1) is 23.7 Å². The van der Waals surface area contributed by atoms with Crippen LogP contribution in [0.25, 0.3) is 0 Å². The number of ether oxygens (including phenoxy) is 3. The van der Waals surface area contributed by atoms with Crippen LogP contribution in [0.4, 0.5) is 10.5 Å². The molecule has 0 bridgehead atoms. The van der Waals surface area contributed by atoms with E-state index >= 15 is 0 Å². The Labute approximate surface area is 566 Å². The second-order valence-electron chi connectivity index (χ2n) is 25.6. The third kappa shape index (κ3) is 26.1. The van der Waals surface area contributed by atoms with Gasteiger partial charge in [-0.1, -0.05) is 97.4 Å². The molecule has 2 aromatic carbocycles. The second kappa shape index (κ2) is 41.7. The molecule has 1 heterocycles. The number of likely N-dealkylation sites (tertiary alicyclic amines) is 1. The van der Waals surface area contributed by atoms with E-state index in [-0.39, 0.29) is 81.5 Å². The van der Waals surface area contributed by atoms with Gasteiger partial charge in [0.05, 0.1) is 48.8 Å². The van der Waals surface area contributed by atoms with Gasteiger partial charge in [-0.05, 0) is 112 Å². The van der Waals surface area contributed by atoms with E-state index in [0.717, 1.165) is 0 Å². The van der Waals surface area contributed by atoms with Gasteiger partial charge < -0.3 is 89.7 Å². The lowest BCUT2D eigenvalue weighted by Gasteiger charge is -2.41. The minimum atomic E-state index is -1.14. The number of amides is 9. The van der Waals surface area contributed by atoms with Crippen LogP contribution in [0.15, 0.2) is 64.6 Å². The largest absolute Gasteiger partial charge is 0.445 e. The number of anilines is 1. The van der Waals surface area contributed by atoms with Crippen molar-refractivity contribution >= 4 is 71.0 Å². The number of aliphatic hydroxyl groups is 1. The number of hydrogen-bond donors (Lipinski definition) is 12. The zero-order chi connectivity index (χ0) is 71.9. The minimum absolute atomic E-state index is 0.0870. The van der Waals surface area contributed by atoms with E-state index in [1.165, 1.54) is 33.1 Å². The van der Waals surface area contributed by atoms with Crippen LogP contribution in [0.3, 0.4) is 0 Å². The van der Waals surface area contributed by atoms with Gasteiger partial charge in [0.2, 0.25) is 47.3 Å². The Hall–Kier alpha value is -8.15. The van der Waals surface area contributed by atoms with Crippen molar-refractivity contribution in [3.8, 4) is 0 Å². The lowest BCUT2D eigenvalue weighted by molar-refractivity contribution is -0.148. The number of rotatable bonds is 41. The molecule has 29 nitrogen and oxygen atoms in total. The number of likely N-dealkylation sites (N-methyl/N-ethyl adjacent to an activating group) is 2. The van der Waals surface area contributed by atoms with Gasteiger partial charge in [0.15, 0.2) is 11.9 Å². The average Bonchev–Trinajstić information content (AvgIpc) is 1.41. The van der Waals surface area contributed by atoms with Crippen molar-refractivity contribution in [2.45, 2.75) is 206 Å². The highest BCUT2D eigenvalue weighted by molar-refractivity contribution is 5.99. The summed E-state index contributed by atoms with van der Waals surface area (Å²) in [7, 11) is 6.08. The van der Waals surface area contributed by atoms with Crippen molar-refractivity contribution in [3.63, 3.8) is 0 Å². The SMILES string of the molecule is CC[C@H](C)[C@@H]([C@@H](CC(=O)N1CCC[C@H]1[C@H](OC)[C@@H](C)C(=O)N[C@H](C)[C@@H](O)c1ccccc1)OC)N(C)C(=O)[C@@H](NC(=O)[C@@H](C(C)C)N(C)C(=O)OCc1ccc(NC(=O)[C@H](CCCN=C(N)N)NC(=O)[C@H](CCCCN)NC(=O)[C@H](CCCN=C(N)N)NC(C)=O)cc1)C(C)C. The highest BCUT2D eigenvalue weighted by Gasteiger charge is 2.44. The number of carbonyl (C=O) groups excluding carboxylic acids is 9. The van der Waals surface area contributed by atoms with Crippen LogP contribution >= 0.6 is 0 Å². The summed E-state index contributed by atoms with van der Waals surface area (Å²) in [6, 6.07) is 8.32. The van der Waals surface area contributed by atoms with Gasteiger partial charge in [-0.25, -0.2) is 4.79 Å². The summed E-state index contributed by atoms with van der Waals surface area (Å²) < 4.78 is 17.8. The third-order valence-electron chi connectivity index (χ3n) is 17.5. The number of aliphatic hydroxyl groups excluding tert-OH is 1. The summed E-state index contributed by atoms with van der Waals surface area (Å²) in [5.74, 6) is -5.96. The third-order valence-corrected chi connectivity index (χ3v) is 17.5. The van der Waals surface area contributed by atoms with Crippen molar-refractivity contribution in [1.82, 2.24) is 41.3 Å². The van der Waals surface area contributed by atoms with Crippen LogP contribution in [-0.4, -0.2) is 200 Å². The zero-order valence-electron chi connectivity index (χ0n) is 58.6. The topological polar surface area (TPSA) is 438 Å². The van der Waals surface area contributed by atoms with Crippen LogP contribution in [0.5, 0.6) is 0 Å². The molecule has 13 atom stereocenters. The Bertz CT molecular complexity index is 2860. The first-order chi connectivity index (χ1) is 45.4. The van der Waals surface area contributed by atoms with Crippen LogP contribution in [-0.2, 0) is 59.2 Å². The van der Waals surface area contributed by atoms with Crippen molar-refractivity contribution < 1.29 is 62.5 Å². The normalized spacial score (nSPS) is 16.7. The smallest absolute Gasteiger partial charge is 0.410 e. The monoisotopic (exact) mass is 1350 g/mol. The van der Waals surface area contributed by atoms with E-state index in [1.54, 1.807) is 94.8 Å². The molecule has 2 aromatic rings. The maximum atomic E-state index is 14.8. The maximum Gasteiger partial charge on any atom is 0.410 e. The fraction of sp³-hybridized carbons (Fsp3) is 0.657. The lowest BCUT2D eigenvalue weighted by atomic mass is 9.89. The number of nitrogens with two attached hydrogens (primary N) is 5. The van der Waals surface area contributed by atoms with Gasteiger partial charge in [0.25, 0.3) is 0 Å². The Morgan fingerprint density at radius 1 is 0.677 bits per heavy atom. The molecule has 17 N–H and O–H groups in total. The second-order valence-corrected chi connectivity index (χ2v) is 25.6. The van der Waals surface area contributed by atoms with Crippen LogP contribution < -0.4 is 60.6 Å². The summed E-state index contributed by atoms with van der Waals surface area (Å²) in [4.78, 5) is 137. The van der Waals surface area contributed by atoms with Crippen molar-refractivity contribution in [3.05, 3.63) is 65.7 Å². The number of benzene rings is 2. The van der Waals surface area contributed by atoms with Gasteiger partial charge in [-0.15, -0.1) is 0 Å². The summed E-state index contributed by atoms with van der Waals surface area (Å²) in [5, 5.41) is 27.8. The van der Waals surface area contributed by atoms with E-state index in [1.807, 2.05) is 32.0 Å². The van der Waals surface area contributed by atoms with E-state index in [4.69, 9.17) is 42.9 Å². The quantitative estimate of drug-likeness (QED) is 0.0258. The molecular formula is C67H112N16O13. The number of hydrogen-bond acceptors (Lipinski definition) is 16. The predicted octanol–water partition coefficient (Wildman–Crippen LogP) is 2.23. The molecule has 96 heavy (non-hydrogen) atoms. The van der Waals surface area contributed by atoms with Crippen LogP contribution in [0.2, 0.25) is 0 Å². The first-order valence-corrected chi connectivity index (χ1v) is 33.4. The first kappa shape index (κ1) is 82.1. The summed E-state index contributed by atoms with van der Waals surface area (Å²) in [5.41, 5.74) is 29.2. The lowest BCUT2D eigenvalue weighted by Crippen LogP contribution is -2.60.